The van der Waals surface area contributed by atoms with Gasteiger partial charge < -0.3 is 4.74 Å². The molecule has 120 valence electrons. The second-order valence-electron chi connectivity index (χ2n) is 6.79. The fourth-order valence-electron chi connectivity index (χ4n) is 3.52. The Morgan fingerprint density at radius 2 is 1.95 bits per heavy atom. The lowest BCUT2D eigenvalue weighted by molar-refractivity contribution is -0.0112. The van der Waals surface area contributed by atoms with E-state index < -0.39 is 5.67 Å². The summed E-state index contributed by atoms with van der Waals surface area (Å²) in [6, 6.07) is 2.18. The molecule has 0 aromatic heterocycles. The average Bonchev–Trinajstić information content (AvgIpc) is 2.47. The summed E-state index contributed by atoms with van der Waals surface area (Å²) in [6.07, 6.45) is 5.63. The zero-order valence-electron chi connectivity index (χ0n) is 14.0. The number of halogens is 1. The largest absolute Gasteiger partial charge is 0.356 e. The van der Waals surface area contributed by atoms with Crippen LogP contribution in [-0.2, 0) is 4.74 Å². The van der Waals surface area contributed by atoms with E-state index >= 15 is 0 Å². The van der Waals surface area contributed by atoms with Gasteiger partial charge in [-0.1, -0.05) is 20.4 Å². The Morgan fingerprint density at radius 3 is 2.43 bits per heavy atom. The third-order valence-electron chi connectivity index (χ3n) is 5.40. The maximum absolute atomic E-state index is 14.6. The maximum Gasteiger partial charge on any atom is 0.144 e. The van der Waals surface area contributed by atoms with Crippen molar-refractivity contribution in [1.82, 2.24) is 0 Å². The van der Waals surface area contributed by atoms with Gasteiger partial charge in [0.25, 0.3) is 0 Å². The van der Waals surface area contributed by atoms with Crippen molar-refractivity contribution in [3.8, 4) is 6.07 Å². The maximum atomic E-state index is 14.6. The summed E-state index contributed by atoms with van der Waals surface area (Å²) in [4.78, 5) is 0. The second-order valence-corrected chi connectivity index (χ2v) is 6.79. The predicted molar refractivity (Wildman–Crippen MR) is 84.7 cm³/mol. The van der Waals surface area contributed by atoms with Crippen molar-refractivity contribution in [1.29, 1.82) is 5.26 Å². The van der Waals surface area contributed by atoms with Gasteiger partial charge >= 0.3 is 0 Å². The molecule has 0 bridgehead atoms. The van der Waals surface area contributed by atoms with Crippen molar-refractivity contribution < 1.29 is 9.13 Å². The molecule has 0 spiro atoms. The fraction of sp³-hybridized carbons (Fsp3) is 0.833. The Bertz CT molecular complexity index is 387. The molecule has 0 radical (unpaired) electrons. The van der Waals surface area contributed by atoms with E-state index in [1.807, 2.05) is 0 Å². The van der Waals surface area contributed by atoms with Gasteiger partial charge in [-0.25, -0.2) is 4.39 Å². The zero-order chi connectivity index (χ0) is 16.1. The van der Waals surface area contributed by atoms with Crippen LogP contribution in [0.25, 0.3) is 0 Å². The molecular formula is C18H30FNO. The van der Waals surface area contributed by atoms with Crippen molar-refractivity contribution >= 4 is 0 Å². The van der Waals surface area contributed by atoms with Crippen LogP contribution in [0.15, 0.2) is 12.2 Å². The first-order valence-corrected chi connectivity index (χ1v) is 8.21. The van der Waals surface area contributed by atoms with Gasteiger partial charge in [-0.15, -0.1) is 0 Å². The Hall–Kier alpha value is -0.880. The van der Waals surface area contributed by atoms with E-state index in [0.29, 0.717) is 0 Å². The number of rotatable bonds is 7. The lowest BCUT2D eigenvalue weighted by Crippen LogP contribution is -2.39. The molecule has 1 unspecified atom stereocenters. The van der Waals surface area contributed by atoms with Crippen molar-refractivity contribution in [3.63, 3.8) is 0 Å². The zero-order valence-corrected chi connectivity index (χ0v) is 14.0. The standard InChI is InChI=1S/C18H30FNO/c1-6-18(7-2,17(4,5)19)12-11-14(3)16-10-8-9-15(13-20)21-16/h15-16H,3,6-12H2,1-2,4-5H3/t15-,16?/m1/s1. The highest BCUT2D eigenvalue weighted by Gasteiger charge is 2.42. The summed E-state index contributed by atoms with van der Waals surface area (Å²) in [5.74, 6) is 0. The molecule has 21 heavy (non-hydrogen) atoms. The lowest BCUT2D eigenvalue weighted by atomic mass is 9.67. The average molecular weight is 295 g/mol. The molecular weight excluding hydrogens is 265 g/mol. The molecule has 2 atom stereocenters. The summed E-state index contributed by atoms with van der Waals surface area (Å²) in [6.45, 7) is 11.6. The smallest absolute Gasteiger partial charge is 0.144 e. The van der Waals surface area contributed by atoms with E-state index in [-0.39, 0.29) is 17.6 Å². The molecule has 1 rings (SSSR count). The number of nitrogens with zero attached hydrogens (tertiary/aromatic N) is 1. The summed E-state index contributed by atoms with van der Waals surface area (Å²) < 4.78 is 20.4. The van der Waals surface area contributed by atoms with Crippen molar-refractivity contribution in [3.05, 3.63) is 12.2 Å². The van der Waals surface area contributed by atoms with Crippen molar-refractivity contribution in [2.75, 3.05) is 0 Å². The first kappa shape index (κ1) is 18.2. The van der Waals surface area contributed by atoms with Gasteiger partial charge in [0.2, 0.25) is 0 Å². The van der Waals surface area contributed by atoms with Gasteiger partial charge in [-0.3, -0.25) is 0 Å². The van der Waals surface area contributed by atoms with E-state index in [9.17, 15) is 4.39 Å². The van der Waals surface area contributed by atoms with Crippen LogP contribution in [0.4, 0.5) is 4.39 Å². The molecule has 0 amide bonds. The van der Waals surface area contributed by atoms with Crippen LogP contribution < -0.4 is 0 Å². The normalized spacial score (nSPS) is 23.6. The fourth-order valence-corrected chi connectivity index (χ4v) is 3.52. The number of nitriles is 1. The predicted octanol–water partition coefficient (Wildman–Crippen LogP) is 5.34. The number of ether oxygens (including phenoxy) is 1. The molecule has 3 heteroatoms. The van der Waals surface area contributed by atoms with Crippen LogP contribution in [0.3, 0.4) is 0 Å². The number of hydrogen-bond donors (Lipinski definition) is 0. The molecule has 1 aliphatic heterocycles. The Labute approximate surface area is 129 Å². The van der Waals surface area contributed by atoms with Crippen LogP contribution in [0.1, 0.15) is 72.6 Å². The van der Waals surface area contributed by atoms with Crippen LogP contribution in [-0.4, -0.2) is 17.9 Å². The third kappa shape index (κ3) is 4.30. The molecule has 1 aliphatic rings. The first-order valence-electron chi connectivity index (χ1n) is 8.21. The van der Waals surface area contributed by atoms with Gasteiger partial charge in [-0.2, -0.15) is 5.26 Å². The van der Waals surface area contributed by atoms with Gasteiger partial charge in [0.1, 0.15) is 11.8 Å². The Kier molecular flexibility index (Phi) is 6.41. The lowest BCUT2D eigenvalue weighted by Gasteiger charge is -2.41. The second kappa shape index (κ2) is 7.40. The number of alkyl halides is 1. The van der Waals surface area contributed by atoms with Crippen LogP contribution in [0.5, 0.6) is 0 Å². The topological polar surface area (TPSA) is 33.0 Å². The van der Waals surface area contributed by atoms with E-state index in [1.54, 1.807) is 13.8 Å². The number of hydrogen-bond acceptors (Lipinski definition) is 2. The van der Waals surface area contributed by atoms with Crippen LogP contribution >= 0.6 is 0 Å². The molecule has 0 aliphatic carbocycles. The molecule has 1 saturated heterocycles. The quantitative estimate of drug-likeness (QED) is 0.594. The molecule has 0 N–H and O–H groups in total. The van der Waals surface area contributed by atoms with E-state index in [0.717, 1.165) is 50.5 Å². The monoisotopic (exact) mass is 295 g/mol. The van der Waals surface area contributed by atoms with Gasteiger partial charge in [0, 0.05) is 5.41 Å². The summed E-state index contributed by atoms with van der Waals surface area (Å²) in [7, 11) is 0. The van der Waals surface area contributed by atoms with Gasteiger partial charge in [-0.05, 0) is 64.4 Å². The first-order chi connectivity index (χ1) is 9.79. The Balaban J connectivity index is 2.64. The van der Waals surface area contributed by atoms with E-state index in [2.05, 4.69) is 26.5 Å². The molecule has 0 saturated carbocycles. The minimum absolute atomic E-state index is 0.0301. The SMILES string of the molecule is C=C(CCC(CC)(CC)C(C)(C)F)C1CCC[C@H](C#N)O1. The summed E-state index contributed by atoms with van der Waals surface area (Å²) >= 11 is 0. The van der Waals surface area contributed by atoms with Crippen LogP contribution in [0.2, 0.25) is 0 Å². The highest BCUT2D eigenvalue weighted by Crippen LogP contribution is 2.46. The Morgan fingerprint density at radius 1 is 1.33 bits per heavy atom. The minimum Gasteiger partial charge on any atom is -0.356 e. The summed E-state index contributed by atoms with van der Waals surface area (Å²) in [5.41, 5.74) is -0.482. The highest BCUT2D eigenvalue weighted by molar-refractivity contribution is 5.07. The van der Waals surface area contributed by atoms with Crippen molar-refractivity contribution in [2.24, 2.45) is 5.41 Å². The van der Waals surface area contributed by atoms with Gasteiger partial charge in [0.05, 0.1) is 12.2 Å². The minimum atomic E-state index is -1.20. The van der Waals surface area contributed by atoms with Gasteiger partial charge in [0.15, 0.2) is 0 Å². The highest BCUT2D eigenvalue weighted by atomic mass is 19.1. The molecule has 1 heterocycles. The molecule has 1 fully saturated rings. The molecule has 0 aromatic carbocycles. The molecule has 0 aromatic rings. The summed E-state index contributed by atoms with van der Waals surface area (Å²) in [5, 5.41) is 8.98. The van der Waals surface area contributed by atoms with Crippen molar-refractivity contribution in [2.45, 2.75) is 90.5 Å². The van der Waals surface area contributed by atoms with E-state index in [4.69, 9.17) is 10.00 Å². The van der Waals surface area contributed by atoms with E-state index in [1.165, 1.54) is 0 Å². The third-order valence-corrected chi connectivity index (χ3v) is 5.40. The van der Waals surface area contributed by atoms with Crippen LogP contribution in [0, 0.1) is 16.7 Å². The molecule has 2 nitrogen and oxygen atoms in total.